The predicted octanol–water partition coefficient (Wildman–Crippen LogP) is 1.29. The Labute approximate surface area is 93.5 Å². The van der Waals surface area contributed by atoms with Gasteiger partial charge in [0.05, 0.1) is 12.1 Å². The van der Waals surface area contributed by atoms with Gasteiger partial charge in [-0.05, 0) is 38.0 Å². The first-order valence-corrected chi connectivity index (χ1v) is 6.77. The first kappa shape index (κ1) is 11.4. The van der Waals surface area contributed by atoms with Crippen molar-refractivity contribution in [1.29, 1.82) is 0 Å². The number of quaternary nitrogens is 1. The number of rotatable bonds is 3. The van der Waals surface area contributed by atoms with E-state index in [1.54, 1.807) is 0 Å². The van der Waals surface area contributed by atoms with E-state index in [0.29, 0.717) is 0 Å². The summed E-state index contributed by atoms with van der Waals surface area (Å²) >= 11 is 0. The van der Waals surface area contributed by atoms with Crippen molar-refractivity contribution in [3.8, 4) is 0 Å². The highest BCUT2D eigenvalue weighted by molar-refractivity contribution is 4.82. The first-order chi connectivity index (χ1) is 7.25. The molecular formula is C13H26NO+. The van der Waals surface area contributed by atoms with Crippen LogP contribution >= 0.6 is 0 Å². The van der Waals surface area contributed by atoms with Gasteiger partial charge in [-0.2, -0.15) is 0 Å². The molecule has 2 aliphatic carbocycles. The van der Waals surface area contributed by atoms with Gasteiger partial charge in [-0.3, -0.25) is 0 Å². The van der Waals surface area contributed by atoms with Crippen LogP contribution in [0.2, 0.25) is 0 Å². The second-order valence-electron chi connectivity index (χ2n) is 5.70. The predicted molar refractivity (Wildman–Crippen MR) is 61.6 cm³/mol. The van der Waals surface area contributed by atoms with Crippen LogP contribution < -0.4 is 5.32 Å². The summed E-state index contributed by atoms with van der Waals surface area (Å²) in [6.07, 6.45) is 10.0. The van der Waals surface area contributed by atoms with Crippen molar-refractivity contribution < 1.29 is 10.4 Å². The van der Waals surface area contributed by atoms with Crippen LogP contribution in [-0.2, 0) is 0 Å². The first-order valence-electron chi connectivity index (χ1n) is 6.77. The van der Waals surface area contributed by atoms with Crippen molar-refractivity contribution in [3.63, 3.8) is 0 Å². The van der Waals surface area contributed by atoms with E-state index in [1.807, 2.05) is 6.92 Å². The van der Waals surface area contributed by atoms with Crippen molar-refractivity contribution in [3.05, 3.63) is 0 Å². The normalized spacial score (nSPS) is 38.4. The summed E-state index contributed by atoms with van der Waals surface area (Å²) in [6.45, 7) is 2.78. The molecule has 0 aliphatic heterocycles. The van der Waals surface area contributed by atoms with E-state index in [0.717, 1.165) is 24.4 Å². The molecule has 3 N–H and O–H groups in total. The molecule has 0 saturated heterocycles. The second kappa shape index (κ2) is 5.31. The van der Waals surface area contributed by atoms with E-state index < -0.39 is 0 Å². The summed E-state index contributed by atoms with van der Waals surface area (Å²) in [5, 5.41) is 11.7. The van der Waals surface area contributed by atoms with Crippen LogP contribution in [0.4, 0.5) is 0 Å². The molecule has 2 heteroatoms. The van der Waals surface area contributed by atoms with Crippen LogP contribution in [0.1, 0.15) is 51.9 Å². The molecule has 2 aliphatic rings. The summed E-state index contributed by atoms with van der Waals surface area (Å²) in [5.74, 6) is 2.07. The van der Waals surface area contributed by atoms with Crippen LogP contribution in [0.3, 0.4) is 0 Å². The lowest BCUT2D eigenvalue weighted by molar-refractivity contribution is -0.698. The smallest absolute Gasteiger partial charge is 0.102 e. The zero-order chi connectivity index (χ0) is 10.7. The van der Waals surface area contributed by atoms with Crippen LogP contribution in [0, 0.1) is 11.8 Å². The van der Waals surface area contributed by atoms with Crippen LogP contribution in [0.5, 0.6) is 0 Å². The minimum atomic E-state index is -0.144. The molecule has 0 unspecified atom stereocenters. The van der Waals surface area contributed by atoms with Gasteiger partial charge in [0.1, 0.15) is 6.54 Å². The van der Waals surface area contributed by atoms with Crippen molar-refractivity contribution >= 4 is 0 Å². The van der Waals surface area contributed by atoms with Crippen LogP contribution in [0.15, 0.2) is 0 Å². The van der Waals surface area contributed by atoms with Crippen LogP contribution in [-0.4, -0.2) is 23.8 Å². The molecule has 2 rings (SSSR count). The summed E-state index contributed by atoms with van der Waals surface area (Å²) in [7, 11) is 0. The Balaban J connectivity index is 1.75. The molecule has 0 heterocycles. The van der Waals surface area contributed by atoms with Crippen LogP contribution in [0.25, 0.3) is 0 Å². The molecule has 15 heavy (non-hydrogen) atoms. The van der Waals surface area contributed by atoms with Crippen molar-refractivity contribution in [2.24, 2.45) is 11.8 Å². The SMILES string of the molecule is C[C@@H](O)C[NH2+][C@H]1CC[C@@H]2CCCC[C@@H]2C1. The fourth-order valence-electron chi connectivity index (χ4n) is 3.51. The van der Waals surface area contributed by atoms with E-state index in [1.165, 1.54) is 44.9 Å². The number of hydrogen-bond donors (Lipinski definition) is 2. The third kappa shape index (κ3) is 3.18. The summed E-state index contributed by atoms with van der Waals surface area (Å²) in [6, 6.07) is 0.805. The number of nitrogens with two attached hydrogens (primary N) is 1. The highest BCUT2D eigenvalue weighted by Crippen LogP contribution is 2.39. The topological polar surface area (TPSA) is 36.8 Å². The average Bonchev–Trinajstić information content (AvgIpc) is 2.26. The zero-order valence-corrected chi connectivity index (χ0v) is 9.99. The maximum Gasteiger partial charge on any atom is 0.102 e. The van der Waals surface area contributed by atoms with Gasteiger partial charge in [0, 0.05) is 6.42 Å². The molecule has 2 fully saturated rings. The van der Waals surface area contributed by atoms with Crippen molar-refractivity contribution in [2.45, 2.75) is 64.0 Å². The molecule has 0 spiro atoms. The fourth-order valence-corrected chi connectivity index (χ4v) is 3.51. The fraction of sp³-hybridized carbons (Fsp3) is 1.00. The molecule has 2 saturated carbocycles. The molecule has 0 bridgehead atoms. The molecule has 0 aromatic heterocycles. The van der Waals surface area contributed by atoms with Gasteiger partial charge < -0.3 is 10.4 Å². The second-order valence-corrected chi connectivity index (χ2v) is 5.70. The van der Waals surface area contributed by atoms with E-state index >= 15 is 0 Å². The number of fused-ring (bicyclic) bond motifs is 1. The monoisotopic (exact) mass is 212 g/mol. The molecule has 0 aromatic carbocycles. The molecule has 4 atom stereocenters. The minimum Gasteiger partial charge on any atom is -0.388 e. The lowest BCUT2D eigenvalue weighted by Crippen LogP contribution is -2.92. The molecule has 88 valence electrons. The standard InChI is InChI=1S/C13H25NO/c1-10(15)9-14-13-7-6-11-4-2-3-5-12(11)8-13/h10-15H,2-9H2,1H3/p+1/t10-,11+,12-,13+/m1/s1. The maximum atomic E-state index is 9.28. The van der Waals surface area contributed by atoms with Gasteiger partial charge in [0.15, 0.2) is 0 Å². The Morgan fingerprint density at radius 3 is 2.60 bits per heavy atom. The number of aliphatic hydroxyl groups is 1. The summed E-state index contributed by atoms with van der Waals surface area (Å²) < 4.78 is 0. The Morgan fingerprint density at radius 2 is 1.87 bits per heavy atom. The Kier molecular flexibility index (Phi) is 4.04. The van der Waals surface area contributed by atoms with Gasteiger partial charge in [0.2, 0.25) is 0 Å². The highest BCUT2D eigenvalue weighted by Gasteiger charge is 2.33. The van der Waals surface area contributed by atoms with E-state index in [4.69, 9.17) is 0 Å². The Morgan fingerprint density at radius 1 is 1.13 bits per heavy atom. The van der Waals surface area contributed by atoms with Crippen molar-refractivity contribution in [2.75, 3.05) is 6.54 Å². The van der Waals surface area contributed by atoms with Gasteiger partial charge in [-0.15, -0.1) is 0 Å². The van der Waals surface area contributed by atoms with Gasteiger partial charge >= 0.3 is 0 Å². The van der Waals surface area contributed by atoms with Gasteiger partial charge in [0.25, 0.3) is 0 Å². The third-order valence-corrected chi connectivity index (χ3v) is 4.39. The lowest BCUT2D eigenvalue weighted by Gasteiger charge is -2.38. The summed E-state index contributed by atoms with van der Waals surface area (Å²) in [5.41, 5.74) is 0. The molecule has 0 aromatic rings. The lowest BCUT2D eigenvalue weighted by atomic mass is 9.69. The number of hydrogen-bond acceptors (Lipinski definition) is 1. The quantitative estimate of drug-likeness (QED) is 0.727. The molecule has 2 nitrogen and oxygen atoms in total. The van der Waals surface area contributed by atoms with Gasteiger partial charge in [-0.1, -0.05) is 19.3 Å². The third-order valence-electron chi connectivity index (χ3n) is 4.39. The zero-order valence-electron chi connectivity index (χ0n) is 9.99. The van der Waals surface area contributed by atoms with E-state index in [2.05, 4.69) is 5.32 Å². The Bertz CT molecular complexity index is 193. The van der Waals surface area contributed by atoms with E-state index in [9.17, 15) is 5.11 Å². The molecule has 0 amide bonds. The average molecular weight is 212 g/mol. The highest BCUT2D eigenvalue weighted by atomic mass is 16.3. The number of aliphatic hydroxyl groups excluding tert-OH is 1. The molecular weight excluding hydrogens is 186 g/mol. The largest absolute Gasteiger partial charge is 0.388 e. The summed E-state index contributed by atoms with van der Waals surface area (Å²) in [4.78, 5) is 0. The van der Waals surface area contributed by atoms with E-state index in [-0.39, 0.29) is 6.10 Å². The maximum absolute atomic E-state index is 9.28. The minimum absolute atomic E-state index is 0.144. The van der Waals surface area contributed by atoms with Gasteiger partial charge in [-0.25, -0.2) is 0 Å². The Hall–Kier alpha value is -0.0800. The molecule has 0 radical (unpaired) electrons. The van der Waals surface area contributed by atoms with Crippen molar-refractivity contribution in [1.82, 2.24) is 0 Å².